The average molecular weight is 241 g/mol. The monoisotopic (exact) mass is 241 g/mol. The van der Waals surface area contributed by atoms with Crippen LogP contribution >= 0.6 is 0 Å². The van der Waals surface area contributed by atoms with Crippen LogP contribution in [-0.4, -0.2) is 25.8 Å². The summed E-state index contributed by atoms with van der Waals surface area (Å²) in [5.74, 6) is 5.66. The zero-order valence-electron chi connectivity index (χ0n) is 8.91. The molecule has 0 atom stereocenters. The van der Waals surface area contributed by atoms with Crippen molar-refractivity contribution in [3.8, 4) is 0 Å². The first kappa shape index (κ1) is 11.4. The summed E-state index contributed by atoms with van der Waals surface area (Å²) in [6.07, 6.45) is 1.81. The second kappa shape index (κ2) is 4.40. The van der Waals surface area contributed by atoms with Crippen LogP contribution < -0.4 is 10.3 Å². The fourth-order valence-corrected chi connectivity index (χ4v) is 3.11. The van der Waals surface area contributed by atoms with E-state index < -0.39 is 10.2 Å². The van der Waals surface area contributed by atoms with E-state index in [0.29, 0.717) is 18.8 Å². The molecular weight excluding hydrogens is 226 g/mol. The molecule has 2 N–H and O–H groups in total. The quantitative estimate of drug-likeness (QED) is 0.626. The van der Waals surface area contributed by atoms with Gasteiger partial charge in [0.25, 0.3) is 0 Å². The Balaban J connectivity index is 2.24. The van der Waals surface area contributed by atoms with E-state index in [2.05, 4.69) is 0 Å². The molecule has 88 valence electrons. The van der Waals surface area contributed by atoms with Gasteiger partial charge in [0.2, 0.25) is 0 Å². The predicted octanol–water partition coefficient (Wildman–Crippen LogP) is 0.707. The van der Waals surface area contributed by atoms with Crippen LogP contribution in [0.4, 0.5) is 5.69 Å². The van der Waals surface area contributed by atoms with Crippen molar-refractivity contribution < 1.29 is 8.42 Å². The van der Waals surface area contributed by atoms with E-state index in [1.54, 1.807) is 24.3 Å². The first-order chi connectivity index (χ1) is 7.62. The number of hydrogen-bond donors (Lipinski definition) is 1. The summed E-state index contributed by atoms with van der Waals surface area (Å²) < 4.78 is 26.4. The summed E-state index contributed by atoms with van der Waals surface area (Å²) in [7, 11) is -3.55. The van der Waals surface area contributed by atoms with Gasteiger partial charge in [-0.05, 0) is 25.0 Å². The van der Waals surface area contributed by atoms with Gasteiger partial charge in [0.15, 0.2) is 0 Å². The maximum absolute atomic E-state index is 12.1. The van der Waals surface area contributed by atoms with Gasteiger partial charge in [-0.25, -0.2) is 5.84 Å². The number of nitrogens with zero attached hydrogens (tertiary/aromatic N) is 2. The minimum absolute atomic E-state index is 0.481. The van der Waals surface area contributed by atoms with E-state index >= 15 is 0 Å². The molecule has 1 aliphatic heterocycles. The van der Waals surface area contributed by atoms with Crippen LogP contribution in [0.5, 0.6) is 0 Å². The summed E-state index contributed by atoms with van der Waals surface area (Å²) in [6.45, 7) is 1.12. The number of rotatable bonds is 3. The molecule has 0 aliphatic carbocycles. The second-order valence-corrected chi connectivity index (χ2v) is 5.55. The summed E-state index contributed by atoms with van der Waals surface area (Å²) in [5.41, 5.74) is 0.481. The molecule has 1 aromatic carbocycles. The fraction of sp³-hybridized carbons (Fsp3) is 0.400. The van der Waals surface area contributed by atoms with E-state index in [0.717, 1.165) is 17.3 Å². The van der Waals surface area contributed by atoms with E-state index in [1.807, 2.05) is 6.07 Å². The maximum atomic E-state index is 12.1. The number of nitrogens with two attached hydrogens (primary N) is 1. The molecule has 16 heavy (non-hydrogen) atoms. The Morgan fingerprint density at radius 1 is 1.12 bits per heavy atom. The summed E-state index contributed by atoms with van der Waals surface area (Å²) in [5, 5.41) is 0. The van der Waals surface area contributed by atoms with Crippen molar-refractivity contribution in [2.45, 2.75) is 12.8 Å². The Hall–Kier alpha value is -1.11. The lowest BCUT2D eigenvalue weighted by Gasteiger charge is -2.24. The first-order valence-corrected chi connectivity index (χ1v) is 6.62. The average Bonchev–Trinajstić information content (AvgIpc) is 2.83. The Labute approximate surface area is 95.6 Å². The van der Waals surface area contributed by atoms with E-state index in [4.69, 9.17) is 5.84 Å². The normalized spacial score (nSPS) is 17.6. The van der Waals surface area contributed by atoms with Gasteiger partial charge in [0.05, 0.1) is 5.69 Å². The topological polar surface area (TPSA) is 66.6 Å². The molecule has 6 heteroatoms. The molecule has 1 fully saturated rings. The number of para-hydroxylation sites is 1. The van der Waals surface area contributed by atoms with Gasteiger partial charge in [0.1, 0.15) is 0 Å². The first-order valence-electron chi connectivity index (χ1n) is 5.22. The summed E-state index contributed by atoms with van der Waals surface area (Å²) in [4.78, 5) is 0. The Morgan fingerprint density at radius 2 is 1.69 bits per heavy atom. The maximum Gasteiger partial charge on any atom is 0.317 e. The molecule has 1 aromatic rings. The third-order valence-electron chi connectivity index (χ3n) is 2.65. The van der Waals surface area contributed by atoms with Gasteiger partial charge in [-0.2, -0.15) is 17.1 Å². The molecule has 1 heterocycles. The number of hydrazine groups is 1. The van der Waals surface area contributed by atoms with Crippen LogP contribution in [-0.2, 0) is 10.2 Å². The third kappa shape index (κ3) is 2.04. The Morgan fingerprint density at radius 3 is 2.25 bits per heavy atom. The molecule has 0 aromatic heterocycles. The highest BCUT2D eigenvalue weighted by Crippen LogP contribution is 2.19. The summed E-state index contributed by atoms with van der Waals surface area (Å²) >= 11 is 0. The van der Waals surface area contributed by atoms with Gasteiger partial charge in [-0.3, -0.25) is 0 Å². The van der Waals surface area contributed by atoms with Crippen molar-refractivity contribution in [1.82, 2.24) is 4.31 Å². The molecule has 1 aliphatic rings. The highest BCUT2D eigenvalue weighted by Gasteiger charge is 2.30. The van der Waals surface area contributed by atoms with Crippen LogP contribution in [0.15, 0.2) is 30.3 Å². The van der Waals surface area contributed by atoms with Gasteiger partial charge in [-0.15, -0.1) is 0 Å². The zero-order chi connectivity index (χ0) is 11.6. The van der Waals surface area contributed by atoms with E-state index in [-0.39, 0.29) is 0 Å². The second-order valence-electron chi connectivity index (χ2n) is 3.75. The minimum atomic E-state index is -3.55. The number of hydrogen-bond acceptors (Lipinski definition) is 3. The minimum Gasteiger partial charge on any atom is -0.232 e. The molecule has 0 saturated carbocycles. The van der Waals surface area contributed by atoms with Crippen molar-refractivity contribution in [2.75, 3.05) is 17.5 Å². The fourth-order valence-electron chi connectivity index (χ4n) is 1.75. The summed E-state index contributed by atoms with van der Waals surface area (Å²) in [6, 6.07) is 8.68. The lowest BCUT2D eigenvalue weighted by atomic mass is 10.3. The van der Waals surface area contributed by atoms with Crippen molar-refractivity contribution in [3.63, 3.8) is 0 Å². The largest absolute Gasteiger partial charge is 0.317 e. The number of anilines is 1. The van der Waals surface area contributed by atoms with Crippen LogP contribution in [0, 0.1) is 0 Å². The van der Waals surface area contributed by atoms with Gasteiger partial charge in [-0.1, -0.05) is 18.2 Å². The van der Waals surface area contributed by atoms with Crippen LogP contribution in [0.1, 0.15) is 12.8 Å². The van der Waals surface area contributed by atoms with Crippen molar-refractivity contribution in [3.05, 3.63) is 30.3 Å². The van der Waals surface area contributed by atoms with Gasteiger partial charge < -0.3 is 0 Å². The molecule has 0 unspecified atom stereocenters. The van der Waals surface area contributed by atoms with E-state index in [1.165, 1.54) is 4.31 Å². The van der Waals surface area contributed by atoms with Crippen molar-refractivity contribution in [2.24, 2.45) is 5.84 Å². The van der Waals surface area contributed by atoms with Crippen molar-refractivity contribution in [1.29, 1.82) is 0 Å². The highest BCUT2D eigenvalue weighted by molar-refractivity contribution is 7.90. The van der Waals surface area contributed by atoms with Crippen LogP contribution in [0.25, 0.3) is 0 Å². The molecule has 1 saturated heterocycles. The lowest BCUT2D eigenvalue weighted by Crippen LogP contribution is -2.46. The molecule has 5 nitrogen and oxygen atoms in total. The van der Waals surface area contributed by atoms with Gasteiger partial charge >= 0.3 is 10.2 Å². The predicted molar refractivity (Wildman–Crippen MR) is 62.8 cm³/mol. The number of benzene rings is 1. The SMILES string of the molecule is NN(c1ccccc1)S(=O)(=O)N1CCCC1. The molecule has 0 radical (unpaired) electrons. The molecule has 0 amide bonds. The molecular formula is C10H15N3O2S. The Kier molecular flexibility index (Phi) is 3.13. The highest BCUT2D eigenvalue weighted by atomic mass is 32.2. The standard InChI is InChI=1S/C10H15N3O2S/c11-13(10-6-2-1-3-7-10)16(14,15)12-8-4-5-9-12/h1-3,6-7H,4-5,8-9,11H2. The van der Waals surface area contributed by atoms with Crippen LogP contribution in [0.3, 0.4) is 0 Å². The van der Waals surface area contributed by atoms with Crippen LogP contribution in [0.2, 0.25) is 0 Å². The molecule has 0 bridgehead atoms. The van der Waals surface area contributed by atoms with Crippen molar-refractivity contribution >= 4 is 15.9 Å². The van der Waals surface area contributed by atoms with E-state index in [9.17, 15) is 8.42 Å². The molecule has 2 rings (SSSR count). The Bertz CT molecular complexity index is 440. The zero-order valence-corrected chi connectivity index (χ0v) is 9.73. The third-order valence-corrected chi connectivity index (χ3v) is 4.38. The lowest BCUT2D eigenvalue weighted by molar-refractivity contribution is 0.474. The molecule has 0 spiro atoms. The van der Waals surface area contributed by atoms with Gasteiger partial charge in [0, 0.05) is 13.1 Å². The smallest absolute Gasteiger partial charge is 0.232 e.